The van der Waals surface area contributed by atoms with Crippen LogP contribution in [0, 0.1) is 11.3 Å². The molecule has 1 atom stereocenters. The Bertz CT molecular complexity index is 869. The zero-order chi connectivity index (χ0) is 17.7. The molecule has 0 N–H and O–H groups in total. The predicted molar refractivity (Wildman–Crippen MR) is 98.5 cm³/mol. The van der Waals surface area contributed by atoms with Crippen LogP contribution >= 0.6 is 23.2 Å². The van der Waals surface area contributed by atoms with Gasteiger partial charge < -0.3 is 0 Å². The summed E-state index contributed by atoms with van der Waals surface area (Å²) < 4.78 is 1.69. The summed E-state index contributed by atoms with van der Waals surface area (Å²) in [4.78, 5) is 3.98. The molecule has 0 fully saturated rings. The number of aromatic nitrogens is 3. The lowest BCUT2D eigenvalue weighted by Gasteiger charge is -2.27. The number of benzene rings is 2. The van der Waals surface area contributed by atoms with Gasteiger partial charge in [-0.05, 0) is 48.2 Å². The zero-order valence-electron chi connectivity index (χ0n) is 13.4. The number of hydrogen-bond donors (Lipinski definition) is 0. The number of nitrogens with zero attached hydrogens (tertiary/aromatic N) is 4. The van der Waals surface area contributed by atoms with Crippen LogP contribution in [0.4, 0.5) is 0 Å². The van der Waals surface area contributed by atoms with Crippen molar-refractivity contribution in [3.05, 3.63) is 82.4 Å². The van der Waals surface area contributed by atoms with Gasteiger partial charge >= 0.3 is 0 Å². The number of hydrogen-bond acceptors (Lipinski definition) is 3. The van der Waals surface area contributed by atoms with Gasteiger partial charge in [0.2, 0.25) is 0 Å². The highest BCUT2D eigenvalue weighted by atomic mass is 35.5. The van der Waals surface area contributed by atoms with Crippen molar-refractivity contribution in [1.29, 1.82) is 5.26 Å². The van der Waals surface area contributed by atoms with Crippen molar-refractivity contribution < 1.29 is 0 Å². The van der Waals surface area contributed by atoms with Crippen molar-refractivity contribution in [2.45, 2.75) is 24.8 Å². The molecule has 25 heavy (non-hydrogen) atoms. The maximum Gasteiger partial charge on any atom is 0.137 e. The molecule has 0 aliphatic carbocycles. The summed E-state index contributed by atoms with van der Waals surface area (Å²) >= 11 is 12.1. The van der Waals surface area contributed by atoms with Crippen molar-refractivity contribution in [3.8, 4) is 6.07 Å². The topological polar surface area (TPSA) is 54.5 Å². The molecular formula is C19H16Cl2N4. The molecular weight excluding hydrogens is 355 g/mol. The minimum absolute atomic E-state index is 0.422. The SMILES string of the molecule is N#CC(CCc1cccc(Cl)c1)(Cn1cncn1)c1ccc(Cl)cc1. The largest absolute Gasteiger partial charge is 0.251 e. The van der Waals surface area contributed by atoms with Crippen LogP contribution in [0.1, 0.15) is 17.5 Å². The van der Waals surface area contributed by atoms with Crippen molar-refractivity contribution in [1.82, 2.24) is 14.8 Å². The number of halogens is 2. The number of nitriles is 1. The molecule has 6 heteroatoms. The molecule has 1 aromatic heterocycles. The monoisotopic (exact) mass is 370 g/mol. The Hall–Kier alpha value is -2.35. The first-order valence-corrected chi connectivity index (χ1v) is 8.61. The second kappa shape index (κ2) is 7.69. The van der Waals surface area contributed by atoms with Crippen LogP contribution in [-0.2, 0) is 18.4 Å². The first-order valence-electron chi connectivity index (χ1n) is 7.85. The van der Waals surface area contributed by atoms with Crippen LogP contribution in [-0.4, -0.2) is 14.8 Å². The summed E-state index contributed by atoms with van der Waals surface area (Å²) in [6.45, 7) is 0.422. The lowest BCUT2D eigenvalue weighted by molar-refractivity contribution is 0.402. The van der Waals surface area contributed by atoms with Crippen LogP contribution in [0.3, 0.4) is 0 Å². The molecule has 0 bridgehead atoms. The first-order chi connectivity index (χ1) is 12.1. The standard InChI is InChI=1S/C19H16Cl2N4/c20-17-6-4-16(5-7-17)19(11-22,12-25-14-23-13-24-25)9-8-15-2-1-3-18(21)10-15/h1-7,10,13-14H,8-9,12H2. The molecule has 0 aliphatic rings. The normalized spacial score (nSPS) is 13.2. The summed E-state index contributed by atoms with van der Waals surface area (Å²) in [5, 5.41) is 15.6. The second-order valence-electron chi connectivity index (χ2n) is 5.92. The van der Waals surface area contributed by atoms with E-state index in [1.54, 1.807) is 11.0 Å². The fourth-order valence-electron chi connectivity index (χ4n) is 2.88. The van der Waals surface area contributed by atoms with E-state index in [1.165, 1.54) is 6.33 Å². The maximum atomic E-state index is 10.1. The second-order valence-corrected chi connectivity index (χ2v) is 6.80. The summed E-state index contributed by atoms with van der Waals surface area (Å²) in [5.74, 6) is 0. The fraction of sp³-hybridized carbons (Fsp3) is 0.211. The van der Waals surface area contributed by atoms with E-state index in [9.17, 15) is 5.26 Å². The summed E-state index contributed by atoms with van der Waals surface area (Å²) in [6.07, 6.45) is 4.46. The Kier molecular flexibility index (Phi) is 5.37. The molecule has 126 valence electrons. The molecule has 1 heterocycles. The van der Waals surface area contributed by atoms with E-state index in [4.69, 9.17) is 23.2 Å². The minimum Gasteiger partial charge on any atom is -0.251 e. The van der Waals surface area contributed by atoms with Gasteiger partial charge in [-0.1, -0.05) is 47.5 Å². The van der Waals surface area contributed by atoms with E-state index in [0.717, 1.165) is 17.5 Å². The molecule has 0 amide bonds. The smallest absolute Gasteiger partial charge is 0.137 e. The van der Waals surface area contributed by atoms with E-state index in [0.29, 0.717) is 23.0 Å². The highest BCUT2D eigenvalue weighted by Gasteiger charge is 2.33. The number of aryl methyl sites for hydroxylation is 1. The van der Waals surface area contributed by atoms with Crippen LogP contribution in [0.5, 0.6) is 0 Å². The zero-order valence-corrected chi connectivity index (χ0v) is 15.0. The maximum absolute atomic E-state index is 10.1. The van der Waals surface area contributed by atoms with Crippen molar-refractivity contribution in [3.63, 3.8) is 0 Å². The molecule has 4 nitrogen and oxygen atoms in total. The third-order valence-corrected chi connectivity index (χ3v) is 4.73. The average molecular weight is 371 g/mol. The Morgan fingerprint density at radius 1 is 1.08 bits per heavy atom. The van der Waals surface area contributed by atoms with Gasteiger partial charge in [0, 0.05) is 10.0 Å². The lowest BCUT2D eigenvalue weighted by atomic mass is 9.77. The van der Waals surface area contributed by atoms with Crippen LogP contribution in [0.2, 0.25) is 10.0 Å². The summed E-state index contributed by atoms with van der Waals surface area (Å²) in [5.41, 5.74) is 1.28. The highest BCUT2D eigenvalue weighted by molar-refractivity contribution is 6.30. The van der Waals surface area contributed by atoms with Gasteiger partial charge in [-0.2, -0.15) is 10.4 Å². The summed E-state index contributed by atoms with van der Waals surface area (Å²) in [7, 11) is 0. The van der Waals surface area contributed by atoms with Gasteiger partial charge in [0.1, 0.15) is 18.1 Å². The van der Waals surface area contributed by atoms with Gasteiger partial charge in [0.25, 0.3) is 0 Å². The van der Waals surface area contributed by atoms with Gasteiger partial charge in [0.05, 0.1) is 12.6 Å². The van der Waals surface area contributed by atoms with Crippen molar-refractivity contribution in [2.75, 3.05) is 0 Å². The van der Waals surface area contributed by atoms with Crippen LogP contribution in [0.25, 0.3) is 0 Å². The third-order valence-electron chi connectivity index (χ3n) is 4.24. The van der Waals surface area contributed by atoms with E-state index in [2.05, 4.69) is 16.2 Å². The molecule has 3 rings (SSSR count). The van der Waals surface area contributed by atoms with Gasteiger partial charge in [0.15, 0.2) is 0 Å². The van der Waals surface area contributed by atoms with E-state index in [1.807, 2.05) is 48.5 Å². The Labute approximate surface area is 156 Å². The average Bonchev–Trinajstić information content (AvgIpc) is 3.12. The molecule has 1 unspecified atom stereocenters. The Balaban J connectivity index is 1.92. The minimum atomic E-state index is -0.736. The van der Waals surface area contributed by atoms with Gasteiger partial charge in [-0.15, -0.1) is 0 Å². The van der Waals surface area contributed by atoms with Gasteiger partial charge in [-0.3, -0.25) is 4.68 Å². The predicted octanol–water partition coefficient (Wildman–Crippen LogP) is 4.68. The van der Waals surface area contributed by atoms with Gasteiger partial charge in [-0.25, -0.2) is 4.98 Å². The quantitative estimate of drug-likeness (QED) is 0.632. The number of rotatable bonds is 6. The molecule has 3 aromatic rings. The molecule has 0 radical (unpaired) electrons. The third kappa shape index (κ3) is 4.19. The lowest BCUT2D eigenvalue weighted by Crippen LogP contribution is -2.31. The van der Waals surface area contributed by atoms with E-state index < -0.39 is 5.41 Å². The fourth-order valence-corrected chi connectivity index (χ4v) is 3.22. The molecule has 2 aromatic carbocycles. The highest BCUT2D eigenvalue weighted by Crippen LogP contribution is 2.32. The molecule has 0 saturated carbocycles. The van der Waals surface area contributed by atoms with Crippen LogP contribution < -0.4 is 0 Å². The molecule has 0 spiro atoms. The van der Waals surface area contributed by atoms with Crippen molar-refractivity contribution >= 4 is 23.2 Å². The van der Waals surface area contributed by atoms with E-state index >= 15 is 0 Å². The van der Waals surface area contributed by atoms with E-state index in [-0.39, 0.29) is 0 Å². The summed E-state index contributed by atoms with van der Waals surface area (Å²) in [6, 6.07) is 17.7. The van der Waals surface area contributed by atoms with Crippen LogP contribution in [0.15, 0.2) is 61.2 Å². The molecule has 0 saturated heterocycles. The first kappa shape index (κ1) is 17.5. The van der Waals surface area contributed by atoms with Crippen molar-refractivity contribution in [2.24, 2.45) is 0 Å². The Morgan fingerprint density at radius 3 is 2.52 bits per heavy atom. The molecule has 0 aliphatic heterocycles. The Morgan fingerprint density at radius 2 is 1.88 bits per heavy atom.